The van der Waals surface area contributed by atoms with Gasteiger partial charge in [0.05, 0.1) is 16.9 Å². The number of nitrogens with zero attached hydrogens (tertiary/aromatic N) is 3. The summed E-state index contributed by atoms with van der Waals surface area (Å²) in [6, 6.07) is 44.6. The topological polar surface area (TPSA) is 30.7 Å². The molecule has 0 saturated heterocycles. The Labute approximate surface area is 296 Å². The van der Waals surface area contributed by atoms with Crippen LogP contribution in [0.25, 0.3) is 60.6 Å². The Morgan fingerprint density at radius 3 is 2.13 bits per heavy atom. The fourth-order valence-electron chi connectivity index (χ4n) is 5.23. The molecular weight excluding hydrogens is 759 g/mol. The van der Waals surface area contributed by atoms with Crippen molar-refractivity contribution in [3.8, 4) is 39.5 Å². The van der Waals surface area contributed by atoms with Crippen LogP contribution in [-0.2, 0) is 20.1 Å². The maximum Gasteiger partial charge on any atom is 0.0774 e. The Bertz CT molecular complexity index is 2380. The molecule has 8 rings (SSSR count). The number of pyridine rings is 1. The van der Waals surface area contributed by atoms with E-state index < -0.39 is 13.7 Å². The number of para-hydroxylation sites is 2. The van der Waals surface area contributed by atoms with E-state index >= 15 is 0 Å². The van der Waals surface area contributed by atoms with Crippen LogP contribution in [-0.4, -0.2) is 14.5 Å². The van der Waals surface area contributed by atoms with Crippen molar-refractivity contribution < 1.29 is 28.3 Å². The molecule has 0 N–H and O–H groups in total. The zero-order valence-corrected chi connectivity index (χ0v) is 28.0. The molecule has 0 aliphatic carbocycles. The zero-order valence-electron chi connectivity index (χ0n) is 30.8. The summed E-state index contributed by atoms with van der Waals surface area (Å²) in [7, 11) is 0. The van der Waals surface area contributed by atoms with Crippen LogP contribution in [0.2, 0.25) is 0 Å². The molecule has 0 unspecified atom stereocenters. The maximum absolute atomic E-state index is 7.28. The van der Waals surface area contributed by atoms with E-state index in [0.29, 0.717) is 11.3 Å². The molecule has 5 heteroatoms. The Morgan fingerprint density at radius 2 is 1.41 bits per heavy atom. The molecule has 0 atom stereocenters. The van der Waals surface area contributed by atoms with E-state index in [0.717, 1.165) is 28.1 Å². The van der Waals surface area contributed by atoms with Gasteiger partial charge >= 0.3 is 0 Å². The summed E-state index contributed by atoms with van der Waals surface area (Å²) >= 11 is 1.65. The molecular formula is C41H31IrN3S-2. The quantitative estimate of drug-likeness (QED) is 0.166. The summed E-state index contributed by atoms with van der Waals surface area (Å²) in [5, 5.41) is 4.70. The van der Waals surface area contributed by atoms with Crippen molar-refractivity contribution in [1.29, 1.82) is 0 Å². The van der Waals surface area contributed by atoms with Gasteiger partial charge in [0.2, 0.25) is 0 Å². The second-order valence-corrected chi connectivity index (χ2v) is 11.5. The van der Waals surface area contributed by atoms with Crippen LogP contribution >= 0.6 is 11.3 Å². The normalized spacial score (nSPS) is 13.2. The molecule has 5 aromatic carbocycles. The molecule has 3 heterocycles. The number of benzene rings is 5. The third-order valence-corrected chi connectivity index (χ3v) is 8.45. The first-order valence-corrected chi connectivity index (χ1v) is 15.3. The Hall–Kier alpha value is -4.67. The van der Waals surface area contributed by atoms with Gasteiger partial charge in [-0.15, -0.1) is 46.8 Å². The van der Waals surface area contributed by atoms with Gasteiger partial charge in [-0.2, -0.15) is 0 Å². The number of thiophene rings is 1. The van der Waals surface area contributed by atoms with E-state index in [9.17, 15) is 0 Å². The summed E-state index contributed by atoms with van der Waals surface area (Å²) in [5.41, 5.74) is 9.50. The van der Waals surface area contributed by atoms with E-state index in [2.05, 4.69) is 119 Å². The van der Waals surface area contributed by atoms with Gasteiger partial charge in [0.25, 0.3) is 0 Å². The number of aryl methyl sites for hydroxylation is 3. The molecule has 46 heavy (non-hydrogen) atoms. The first kappa shape index (κ1) is 24.5. The van der Waals surface area contributed by atoms with Gasteiger partial charge in [-0.3, -0.25) is 16.3 Å². The first-order chi connectivity index (χ1) is 24.5. The molecule has 3 aromatic heterocycles. The van der Waals surface area contributed by atoms with Gasteiger partial charge in [0, 0.05) is 40.2 Å². The van der Waals surface area contributed by atoms with Crippen molar-refractivity contribution in [3.05, 3.63) is 162 Å². The van der Waals surface area contributed by atoms with Crippen LogP contribution in [0.1, 0.15) is 24.9 Å². The van der Waals surface area contributed by atoms with E-state index in [1.54, 1.807) is 23.5 Å². The first-order valence-electron chi connectivity index (χ1n) is 17.5. The Morgan fingerprint density at radius 1 is 0.717 bits per heavy atom. The van der Waals surface area contributed by atoms with Gasteiger partial charge < -0.3 is 9.55 Å². The summed E-state index contributed by atoms with van der Waals surface area (Å²) < 4.78 is 47.1. The number of rotatable bonds is 4. The number of aromatic nitrogens is 3. The van der Waals surface area contributed by atoms with Gasteiger partial charge in [-0.25, -0.2) is 0 Å². The molecule has 1 radical (unpaired) electrons. The Balaban J connectivity index is 0.000000193. The van der Waals surface area contributed by atoms with Crippen molar-refractivity contribution in [2.75, 3.05) is 0 Å². The molecule has 0 spiro atoms. The average Bonchev–Trinajstić information content (AvgIpc) is 3.74. The van der Waals surface area contributed by atoms with Crippen LogP contribution in [0.3, 0.4) is 0 Å². The number of hydrogen-bond donors (Lipinski definition) is 0. The second kappa shape index (κ2) is 13.8. The minimum atomic E-state index is -2.18. The van der Waals surface area contributed by atoms with Crippen LogP contribution in [0, 0.1) is 32.1 Å². The van der Waals surface area contributed by atoms with Crippen LogP contribution < -0.4 is 0 Å². The minimum Gasteiger partial charge on any atom is -0.333 e. The van der Waals surface area contributed by atoms with Crippen molar-refractivity contribution in [2.24, 2.45) is 0 Å². The van der Waals surface area contributed by atoms with Crippen molar-refractivity contribution in [2.45, 2.75) is 20.6 Å². The number of fused-ring (bicyclic) bond motifs is 2. The van der Waals surface area contributed by atoms with E-state index in [-0.39, 0.29) is 31.2 Å². The summed E-state index contributed by atoms with van der Waals surface area (Å²) in [6.45, 7) is -2.22. The molecule has 0 fully saturated rings. The van der Waals surface area contributed by atoms with Gasteiger partial charge in [0.15, 0.2) is 0 Å². The van der Waals surface area contributed by atoms with Crippen molar-refractivity contribution in [1.82, 2.24) is 14.5 Å². The van der Waals surface area contributed by atoms with E-state index in [1.807, 2.05) is 6.07 Å². The molecule has 0 aliphatic heterocycles. The zero-order chi connectivity index (χ0) is 35.8. The van der Waals surface area contributed by atoms with Crippen molar-refractivity contribution >= 4 is 32.5 Å². The average molecular weight is 796 g/mol. The predicted octanol–water partition coefficient (Wildman–Crippen LogP) is 10.8. The van der Waals surface area contributed by atoms with Crippen LogP contribution in [0.15, 0.2) is 134 Å². The van der Waals surface area contributed by atoms with E-state index in [4.69, 9.17) is 13.2 Å². The SMILES string of the molecule is Cc1ccc(-c2ccc(-n3c(-c4[c-]sc5ccccc45)nc4ccccc43)cc2)cc1.[2H]C([2H])([2H])c1c[c-]c(-c2ccc(C([2H])([2H])[2H])cn2)cc1.[Ir]. The van der Waals surface area contributed by atoms with Crippen LogP contribution in [0.5, 0.6) is 0 Å². The molecule has 0 saturated carbocycles. The summed E-state index contributed by atoms with van der Waals surface area (Å²) in [5.74, 6) is 0.932. The summed E-state index contributed by atoms with van der Waals surface area (Å²) in [6.07, 6.45) is 1.30. The number of imidazole rings is 1. The van der Waals surface area contributed by atoms with Gasteiger partial charge in [-0.1, -0.05) is 107 Å². The third kappa shape index (κ3) is 6.49. The second-order valence-electron chi connectivity index (χ2n) is 10.7. The standard InChI is InChI=1S/C28H19N2S.C13H12N.Ir/c1-19-10-12-20(13-11-19)21-14-16-22(17-15-21)30-26-8-4-3-7-25(26)29-28(30)24-18-31-27-9-5-2-6-23(24)27;1-10-3-6-12(7-4-10)13-8-5-11(2)9-14-13;/h2-17H,1H3;3-6,8-9H,1-2H3;/q2*-1;/i;1D3,2D3;. The van der Waals surface area contributed by atoms with Crippen LogP contribution in [0.4, 0.5) is 0 Å². The maximum atomic E-state index is 7.28. The molecule has 0 bridgehead atoms. The largest absolute Gasteiger partial charge is 0.333 e. The van der Waals surface area contributed by atoms with Gasteiger partial charge in [-0.05, 0) is 60.4 Å². The van der Waals surface area contributed by atoms with Gasteiger partial charge in [0.1, 0.15) is 0 Å². The smallest absolute Gasteiger partial charge is 0.0774 e. The summed E-state index contributed by atoms with van der Waals surface area (Å²) in [4.78, 5) is 9.09. The van der Waals surface area contributed by atoms with E-state index in [1.165, 1.54) is 51.2 Å². The molecule has 0 aliphatic rings. The predicted molar refractivity (Wildman–Crippen MR) is 189 cm³/mol. The fraction of sp³-hybridized carbons (Fsp3) is 0.0732. The molecule has 3 nitrogen and oxygen atoms in total. The monoisotopic (exact) mass is 796 g/mol. The molecule has 0 amide bonds. The molecule has 227 valence electrons. The van der Waals surface area contributed by atoms with Crippen molar-refractivity contribution in [3.63, 3.8) is 0 Å². The third-order valence-electron chi connectivity index (χ3n) is 7.57. The fourth-order valence-corrected chi connectivity index (χ4v) is 6.07. The number of hydrogen-bond acceptors (Lipinski definition) is 3. The Kier molecular flexibility index (Phi) is 7.34. The minimum absolute atomic E-state index is 0. The molecule has 8 aromatic rings.